The Morgan fingerprint density at radius 1 is 1.19 bits per heavy atom. The van der Waals surface area contributed by atoms with Crippen molar-refractivity contribution < 1.29 is 17.9 Å². The van der Waals surface area contributed by atoms with Gasteiger partial charge in [0.15, 0.2) is 0 Å². The van der Waals surface area contributed by atoms with E-state index >= 15 is 0 Å². The fourth-order valence-electron chi connectivity index (χ4n) is 2.92. The fraction of sp³-hybridized carbons (Fsp3) is 0.444. The Kier molecular flexibility index (Phi) is 5.33. The number of hydrogen-bond donors (Lipinski definition) is 0. The molecule has 0 unspecified atom stereocenters. The predicted molar refractivity (Wildman–Crippen MR) is 103 cm³/mol. The predicted octanol–water partition coefficient (Wildman–Crippen LogP) is 3.13. The first-order valence-electron chi connectivity index (χ1n) is 8.60. The molecule has 0 aliphatic carbocycles. The Morgan fingerprint density at radius 2 is 1.85 bits per heavy atom. The number of ether oxygens (including phenoxy) is 1. The Hall–Kier alpha value is -1.90. The van der Waals surface area contributed by atoms with Crippen molar-refractivity contribution in [3.05, 3.63) is 35.6 Å². The standard InChI is InChI=1S/C18H22ClN3O4S/c1-18(2,3)26-17(23)21-7-9-22(10-8-21)27(24,25)15-6-4-5-13-12-20-16(19)11-14(13)15/h4-6,11-12H,7-10H2,1-3H3. The molecule has 0 atom stereocenters. The van der Waals surface area contributed by atoms with Gasteiger partial charge >= 0.3 is 6.09 Å². The Bertz CT molecular complexity index is 964. The van der Waals surface area contributed by atoms with Crippen molar-refractivity contribution in [2.75, 3.05) is 26.2 Å². The van der Waals surface area contributed by atoms with Crippen LogP contribution in [0.3, 0.4) is 0 Å². The van der Waals surface area contributed by atoms with Crippen LogP contribution in [0.25, 0.3) is 10.8 Å². The van der Waals surface area contributed by atoms with Crippen LogP contribution in [-0.2, 0) is 14.8 Å². The summed E-state index contributed by atoms with van der Waals surface area (Å²) in [5.41, 5.74) is -0.587. The molecule has 146 valence electrons. The largest absolute Gasteiger partial charge is 0.444 e. The number of piperazine rings is 1. The Morgan fingerprint density at radius 3 is 2.48 bits per heavy atom. The van der Waals surface area contributed by atoms with Gasteiger partial charge in [-0.25, -0.2) is 18.2 Å². The van der Waals surface area contributed by atoms with E-state index in [1.165, 1.54) is 9.21 Å². The van der Waals surface area contributed by atoms with Gasteiger partial charge in [-0.3, -0.25) is 0 Å². The summed E-state index contributed by atoms with van der Waals surface area (Å²) in [6, 6.07) is 6.59. The van der Waals surface area contributed by atoms with Gasteiger partial charge in [-0.1, -0.05) is 23.7 Å². The van der Waals surface area contributed by atoms with Gasteiger partial charge in [-0.05, 0) is 32.9 Å². The molecule has 1 aromatic carbocycles. The highest BCUT2D eigenvalue weighted by Crippen LogP contribution is 2.28. The number of aromatic nitrogens is 1. The van der Waals surface area contributed by atoms with E-state index in [1.54, 1.807) is 51.2 Å². The monoisotopic (exact) mass is 411 g/mol. The number of fused-ring (bicyclic) bond motifs is 1. The van der Waals surface area contributed by atoms with Gasteiger partial charge in [0.2, 0.25) is 10.0 Å². The number of amides is 1. The molecule has 3 rings (SSSR count). The maximum absolute atomic E-state index is 13.1. The molecule has 1 aliphatic heterocycles. The van der Waals surface area contributed by atoms with Crippen LogP contribution in [0.5, 0.6) is 0 Å². The van der Waals surface area contributed by atoms with Crippen LogP contribution < -0.4 is 0 Å². The summed E-state index contributed by atoms with van der Waals surface area (Å²) in [5, 5.41) is 1.47. The van der Waals surface area contributed by atoms with Crippen LogP contribution in [0.2, 0.25) is 5.15 Å². The molecule has 9 heteroatoms. The van der Waals surface area contributed by atoms with E-state index in [4.69, 9.17) is 16.3 Å². The molecule has 2 aromatic rings. The molecule has 1 saturated heterocycles. The van der Waals surface area contributed by atoms with E-state index < -0.39 is 21.7 Å². The summed E-state index contributed by atoms with van der Waals surface area (Å²) in [4.78, 5) is 17.9. The van der Waals surface area contributed by atoms with Crippen molar-refractivity contribution in [3.8, 4) is 0 Å². The second kappa shape index (κ2) is 7.26. The second-order valence-corrected chi connectivity index (χ2v) is 9.65. The van der Waals surface area contributed by atoms with Crippen LogP contribution in [0, 0.1) is 0 Å². The molecule has 1 aliphatic rings. The summed E-state index contributed by atoms with van der Waals surface area (Å²) < 4.78 is 33.0. The molecule has 7 nitrogen and oxygen atoms in total. The zero-order chi connectivity index (χ0) is 19.8. The molecule has 1 aromatic heterocycles. The summed E-state index contributed by atoms with van der Waals surface area (Å²) >= 11 is 5.96. The van der Waals surface area contributed by atoms with Crippen molar-refractivity contribution in [1.29, 1.82) is 0 Å². The number of pyridine rings is 1. The van der Waals surface area contributed by atoms with E-state index in [1.807, 2.05) is 0 Å². The number of sulfonamides is 1. The average molecular weight is 412 g/mol. The SMILES string of the molecule is CC(C)(C)OC(=O)N1CCN(S(=O)(=O)c2cccc3cnc(Cl)cc23)CC1. The quantitative estimate of drug-likeness (QED) is 0.709. The van der Waals surface area contributed by atoms with Crippen molar-refractivity contribution >= 4 is 38.5 Å². The van der Waals surface area contributed by atoms with E-state index in [9.17, 15) is 13.2 Å². The molecule has 2 heterocycles. The number of carbonyl (C=O) groups is 1. The molecule has 0 radical (unpaired) electrons. The summed E-state index contributed by atoms with van der Waals surface area (Å²) in [7, 11) is -3.72. The van der Waals surface area contributed by atoms with Gasteiger partial charge < -0.3 is 9.64 Å². The number of nitrogens with zero attached hydrogens (tertiary/aromatic N) is 3. The number of rotatable bonds is 2. The maximum Gasteiger partial charge on any atom is 0.410 e. The first-order valence-corrected chi connectivity index (χ1v) is 10.4. The lowest BCUT2D eigenvalue weighted by Crippen LogP contribution is -2.51. The minimum atomic E-state index is -3.72. The number of benzene rings is 1. The smallest absolute Gasteiger partial charge is 0.410 e. The van der Waals surface area contributed by atoms with E-state index in [0.29, 0.717) is 10.8 Å². The minimum Gasteiger partial charge on any atom is -0.444 e. The summed E-state index contributed by atoms with van der Waals surface area (Å²) in [6.45, 7) is 6.36. The van der Waals surface area contributed by atoms with E-state index in [2.05, 4.69) is 4.98 Å². The van der Waals surface area contributed by atoms with E-state index in [-0.39, 0.29) is 36.2 Å². The average Bonchev–Trinajstić information content (AvgIpc) is 2.59. The lowest BCUT2D eigenvalue weighted by Gasteiger charge is -2.35. The topological polar surface area (TPSA) is 79.8 Å². The van der Waals surface area contributed by atoms with Crippen LogP contribution >= 0.6 is 11.6 Å². The number of halogens is 1. The van der Waals surface area contributed by atoms with Gasteiger partial charge in [-0.15, -0.1) is 0 Å². The summed E-state index contributed by atoms with van der Waals surface area (Å²) in [6.07, 6.45) is 1.12. The van der Waals surface area contributed by atoms with Crippen LogP contribution in [-0.4, -0.2) is 60.5 Å². The third kappa shape index (κ3) is 4.34. The van der Waals surface area contributed by atoms with Gasteiger partial charge in [0, 0.05) is 43.1 Å². The second-order valence-electron chi connectivity index (χ2n) is 7.36. The zero-order valence-electron chi connectivity index (χ0n) is 15.5. The van der Waals surface area contributed by atoms with Crippen LogP contribution in [0.1, 0.15) is 20.8 Å². The van der Waals surface area contributed by atoms with Gasteiger partial charge in [0.1, 0.15) is 10.8 Å². The van der Waals surface area contributed by atoms with Gasteiger partial charge in [0.05, 0.1) is 4.90 Å². The highest BCUT2D eigenvalue weighted by atomic mass is 35.5. The molecule has 0 N–H and O–H groups in total. The van der Waals surface area contributed by atoms with Crippen LogP contribution in [0.15, 0.2) is 35.4 Å². The zero-order valence-corrected chi connectivity index (χ0v) is 17.0. The molecule has 1 amide bonds. The number of carbonyl (C=O) groups excluding carboxylic acids is 1. The van der Waals surface area contributed by atoms with Gasteiger partial charge in [0.25, 0.3) is 0 Å². The lowest BCUT2D eigenvalue weighted by atomic mass is 10.2. The highest BCUT2D eigenvalue weighted by Gasteiger charge is 2.32. The normalized spacial score (nSPS) is 16.5. The molecular weight excluding hydrogens is 390 g/mol. The molecule has 0 saturated carbocycles. The molecule has 27 heavy (non-hydrogen) atoms. The Balaban J connectivity index is 1.80. The molecule has 1 fully saturated rings. The third-order valence-electron chi connectivity index (χ3n) is 4.20. The highest BCUT2D eigenvalue weighted by molar-refractivity contribution is 7.89. The minimum absolute atomic E-state index is 0.190. The first-order chi connectivity index (χ1) is 12.6. The molecule has 0 bridgehead atoms. The van der Waals surface area contributed by atoms with E-state index in [0.717, 1.165) is 0 Å². The first kappa shape index (κ1) is 19.9. The Labute approximate surface area is 163 Å². The van der Waals surface area contributed by atoms with Crippen molar-refractivity contribution in [2.24, 2.45) is 0 Å². The van der Waals surface area contributed by atoms with Crippen molar-refractivity contribution in [1.82, 2.24) is 14.2 Å². The fourth-order valence-corrected chi connectivity index (χ4v) is 4.70. The van der Waals surface area contributed by atoms with Crippen molar-refractivity contribution in [3.63, 3.8) is 0 Å². The number of hydrogen-bond acceptors (Lipinski definition) is 5. The molecule has 0 spiro atoms. The van der Waals surface area contributed by atoms with Crippen molar-refractivity contribution in [2.45, 2.75) is 31.3 Å². The maximum atomic E-state index is 13.1. The lowest BCUT2D eigenvalue weighted by molar-refractivity contribution is 0.0192. The third-order valence-corrected chi connectivity index (χ3v) is 6.36. The molecular formula is C18H22ClN3O4S. The van der Waals surface area contributed by atoms with Gasteiger partial charge in [-0.2, -0.15) is 4.31 Å². The van der Waals surface area contributed by atoms with Crippen LogP contribution in [0.4, 0.5) is 4.79 Å². The summed E-state index contributed by atoms with van der Waals surface area (Å²) in [5.74, 6) is 0.